The molecule has 1 atom stereocenters. The highest BCUT2D eigenvalue weighted by atomic mass is 35.5. The molecule has 1 saturated heterocycles. The predicted molar refractivity (Wildman–Crippen MR) is 148 cm³/mol. The van der Waals surface area contributed by atoms with E-state index in [9.17, 15) is 4.79 Å². The van der Waals surface area contributed by atoms with Crippen molar-refractivity contribution in [3.63, 3.8) is 0 Å². The molecule has 2 aliphatic rings. The van der Waals surface area contributed by atoms with E-state index in [-0.39, 0.29) is 36.6 Å². The zero-order chi connectivity index (χ0) is 22.6. The largest absolute Gasteiger partial charge is 0.497 e. The molecule has 3 aromatic carbocycles. The van der Waals surface area contributed by atoms with Gasteiger partial charge in [-0.1, -0.05) is 42.5 Å². The van der Waals surface area contributed by atoms with Crippen molar-refractivity contribution in [2.24, 2.45) is 0 Å². The third-order valence-corrected chi connectivity index (χ3v) is 6.77. The Labute approximate surface area is 220 Å². The summed E-state index contributed by atoms with van der Waals surface area (Å²) in [6.45, 7) is 4.63. The number of piperazine rings is 1. The lowest BCUT2D eigenvalue weighted by Crippen LogP contribution is -2.43. The Hall–Kier alpha value is -2.73. The van der Waals surface area contributed by atoms with Crippen molar-refractivity contribution >= 4 is 42.1 Å². The molecule has 0 aromatic heterocycles. The Kier molecular flexibility index (Phi) is 9.44. The Morgan fingerprint density at radius 1 is 0.914 bits per heavy atom. The van der Waals surface area contributed by atoms with Crippen molar-refractivity contribution in [1.29, 1.82) is 0 Å². The molecule has 0 saturated carbocycles. The van der Waals surface area contributed by atoms with Crippen LogP contribution >= 0.6 is 24.8 Å². The second-order valence-electron chi connectivity index (χ2n) is 8.90. The highest BCUT2D eigenvalue weighted by Gasteiger charge is 2.32. The van der Waals surface area contributed by atoms with Crippen LogP contribution in [0.2, 0.25) is 0 Å². The van der Waals surface area contributed by atoms with Gasteiger partial charge in [0.05, 0.1) is 13.7 Å². The van der Waals surface area contributed by atoms with Crippen LogP contribution in [0, 0.1) is 0 Å². The minimum absolute atomic E-state index is 0. The third kappa shape index (κ3) is 6.10. The normalized spacial score (nSPS) is 17.2. The number of benzene rings is 3. The van der Waals surface area contributed by atoms with Crippen molar-refractivity contribution < 1.29 is 9.53 Å². The maximum absolute atomic E-state index is 13.3. The fourth-order valence-electron chi connectivity index (χ4n) is 4.97. The van der Waals surface area contributed by atoms with Gasteiger partial charge in [0, 0.05) is 44.0 Å². The molecular formula is C28H33Cl2N3O2. The number of fused-ring (bicyclic) bond motifs is 1. The van der Waals surface area contributed by atoms with Crippen LogP contribution in [0.3, 0.4) is 0 Å². The van der Waals surface area contributed by atoms with Gasteiger partial charge in [-0.05, 0) is 59.4 Å². The Balaban J connectivity index is 0.00000171. The van der Waals surface area contributed by atoms with E-state index in [1.807, 2.05) is 35.2 Å². The maximum Gasteiger partial charge on any atom is 0.227 e. The maximum atomic E-state index is 13.3. The summed E-state index contributed by atoms with van der Waals surface area (Å²) in [7, 11) is 1.68. The first kappa shape index (κ1) is 26.9. The molecule has 0 spiro atoms. The number of hydrogen-bond acceptors (Lipinski definition) is 4. The van der Waals surface area contributed by atoms with Crippen LogP contribution in [-0.4, -0.2) is 39.2 Å². The Morgan fingerprint density at radius 3 is 2.31 bits per heavy atom. The van der Waals surface area contributed by atoms with E-state index in [1.165, 1.54) is 16.8 Å². The molecule has 186 valence electrons. The summed E-state index contributed by atoms with van der Waals surface area (Å²) in [6.07, 6.45) is 1.36. The molecule has 7 heteroatoms. The van der Waals surface area contributed by atoms with E-state index in [4.69, 9.17) is 4.74 Å². The van der Waals surface area contributed by atoms with E-state index in [0.29, 0.717) is 13.0 Å². The average Bonchev–Trinajstić information content (AvgIpc) is 2.87. The minimum Gasteiger partial charge on any atom is -0.497 e. The zero-order valence-electron chi connectivity index (χ0n) is 20.0. The number of nitrogens with zero attached hydrogens (tertiary/aromatic N) is 2. The molecule has 0 bridgehead atoms. The fraction of sp³-hybridized carbons (Fsp3) is 0.321. The van der Waals surface area contributed by atoms with E-state index in [1.54, 1.807) is 7.11 Å². The van der Waals surface area contributed by atoms with Crippen molar-refractivity contribution in [1.82, 2.24) is 5.32 Å². The first-order chi connectivity index (χ1) is 16.2. The molecule has 1 amide bonds. The van der Waals surface area contributed by atoms with Gasteiger partial charge >= 0.3 is 0 Å². The van der Waals surface area contributed by atoms with Crippen LogP contribution in [0.5, 0.6) is 5.75 Å². The van der Waals surface area contributed by atoms with Gasteiger partial charge in [-0.2, -0.15) is 0 Å². The Bertz CT molecular complexity index is 1100. The summed E-state index contributed by atoms with van der Waals surface area (Å²) in [4.78, 5) is 17.7. The number of hydrogen-bond donors (Lipinski definition) is 1. The van der Waals surface area contributed by atoms with Crippen LogP contribution < -0.4 is 19.9 Å². The number of carbonyl (C=O) groups is 1. The van der Waals surface area contributed by atoms with E-state index in [2.05, 4.69) is 52.7 Å². The monoisotopic (exact) mass is 513 g/mol. The van der Waals surface area contributed by atoms with Crippen LogP contribution in [0.4, 0.5) is 11.4 Å². The third-order valence-electron chi connectivity index (χ3n) is 6.77. The zero-order valence-corrected chi connectivity index (χ0v) is 21.6. The van der Waals surface area contributed by atoms with Crippen LogP contribution in [0.15, 0.2) is 72.8 Å². The second kappa shape index (κ2) is 12.3. The average molecular weight is 514 g/mol. The number of anilines is 2. The topological polar surface area (TPSA) is 44.8 Å². The molecule has 2 aliphatic heterocycles. The number of methoxy groups -OCH3 is 1. The molecule has 3 aromatic rings. The number of halogens is 2. The molecule has 0 radical (unpaired) electrons. The van der Waals surface area contributed by atoms with Crippen molar-refractivity contribution in [3.05, 3.63) is 89.5 Å². The molecule has 1 fully saturated rings. The van der Waals surface area contributed by atoms with Gasteiger partial charge in [0.1, 0.15) is 5.75 Å². The fourth-order valence-corrected chi connectivity index (χ4v) is 4.97. The Morgan fingerprint density at radius 2 is 1.63 bits per heavy atom. The number of amides is 1. The van der Waals surface area contributed by atoms with Gasteiger partial charge in [0.15, 0.2) is 0 Å². The van der Waals surface area contributed by atoms with E-state index < -0.39 is 0 Å². The van der Waals surface area contributed by atoms with Gasteiger partial charge < -0.3 is 19.9 Å². The molecule has 5 rings (SSSR count). The first-order valence-corrected chi connectivity index (χ1v) is 11.8. The van der Waals surface area contributed by atoms with Gasteiger partial charge in [-0.3, -0.25) is 4.79 Å². The summed E-state index contributed by atoms with van der Waals surface area (Å²) >= 11 is 0. The lowest BCUT2D eigenvalue weighted by atomic mass is 9.84. The summed E-state index contributed by atoms with van der Waals surface area (Å²) in [5, 5.41) is 3.43. The van der Waals surface area contributed by atoms with Crippen molar-refractivity contribution in [2.75, 3.05) is 43.1 Å². The van der Waals surface area contributed by atoms with Crippen LogP contribution in [-0.2, 0) is 17.8 Å². The molecule has 5 nitrogen and oxygen atoms in total. The second-order valence-corrected chi connectivity index (χ2v) is 8.90. The summed E-state index contributed by atoms with van der Waals surface area (Å²) in [5.41, 5.74) is 5.95. The summed E-state index contributed by atoms with van der Waals surface area (Å²) < 4.78 is 5.31. The standard InChI is InChI=1S/C28H31N3O2.2ClH/c1-33-25-10-7-21(8-11-25)17-23-18-28(32)31(20-22-5-3-2-4-6-22)27-12-9-24(19-26(23)27)30-15-13-29-14-16-30;;/h2-12,19,23,29H,13-18,20H2,1H3;2*1H. The van der Waals surface area contributed by atoms with Gasteiger partial charge in [0.2, 0.25) is 5.91 Å². The first-order valence-electron chi connectivity index (χ1n) is 11.8. The predicted octanol–water partition coefficient (Wildman–Crippen LogP) is 5.21. The molecule has 2 heterocycles. The van der Waals surface area contributed by atoms with Gasteiger partial charge in [-0.25, -0.2) is 0 Å². The molecule has 0 aliphatic carbocycles. The summed E-state index contributed by atoms with van der Waals surface area (Å²) in [6, 6.07) is 25.2. The quantitative estimate of drug-likeness (QED) is 0.491. The number of rotatable bonds is 6. The van der Waals surface area contributed by atoms with Crippen LogP contribution in [0.25, 0.3) is 0 Å². The number of ether oxygens (including phenoxy) is 1. The minimum atomic E-state index is 0. The lowest BCUT2D eigenvalue weighted by molar-refractivity contribution is -0.119. The van der Waals surface area contributed by atoms with Gasteiger partial charge in [0.25, 0.3) is 0 Å². The van der Waals surface area contributed by atoms with Crippen molar-refractivity contribution in [2.45, 2.75) is 25.3 Å². The summed E-state index contributed by atoms with van der Waals surface area (Å²) in [5.74, 6) is 1.21. The lowest BCUT2D eigenvalue weighted by Gasteiger charge is -2.36. The van der Waals surface area contributed by atoms with Crippen molar-refractivity contribution in [3.8, 4) is 5.75 Å². The molecule has 1 N–H and O–H groups in total. The number of nitrogens with one attached hydrogen (secondary N) is 1. The molecular weight excluding hydrogens is 481 g/mol. The van der Waals surface area contributed by atoms with Gasteiger partial charge in [-0.15, -0.1) is 24.8 Å². The van der Waals surface area contributed by atoms with Crippen LogP contribution in [0.1, 0.15) is 29.0 Å². The SMILES string of the molecule is COc1ccc(CC2CC(=O)N(Cc3ccccc3)c3ccc(N4CCNCC4)cc32)cc1.Cl.Cl. The van der Waals surface area contributed by atoms with E-state index >= 15 is 0 Å². The highest BCUT2D eigenvalue weighted by Crippen LogP contribution is 2.41. The number of carbonyl (C=O) groups excluding carboxylic acids is 1. The molecule has 1 unspecified atom stereocenters. The highest BCUT2D eigenvalue weighted by molar-refractivity contribution is 5.97. The molecule has 35 heavy (non-hydrogen) atoms. The smallest absolute Gasteiger partial charge is 0.227 e. The van der Waals surface area contributed by atoms with E-state index in [0.717, 1.165) is 49.6 Å².